The van der Waals surface area contributed by atoms with Gasteiger partial charge in [-0.05, 0) is 37.5 Å². The molecule has 0 atom stereocenters. The van der Waals surface area contributed by atoms with Crippen molar-refractivity contribution in [1.29, 1.82) is 0 Å². The van der Waals surface area contributed by atoms with Crippen LogP contribution in [0.5, 0.6) is 11.5 Å². The predicted molar refractivity (Wildman–Crippen MR) is 110 cm³/mol. The molecule has 2 heterocycles. The smallest absolute Gasteiger partial charge is 0.294 e. The molecule has 0 saturated carbocycles. The molecule has 4 rings (SSSR count). The predicted octanol–water partition coefficient (Wildman–Crippen LogP) is 4.21. The Labute approximate surface area is 168 Å². The van der Waals surface area contributed by atoms with Crippen molar-refractivity contribution in [2.75, 3.05) is 26.1 Å². The van der Waals surface area contributed by atoms with E-state index in [1.165, 1.54) is 6.07 Å². The lowest BCUT2D eigenvalue weighted by Gasteiger charge is -2.10. The number of benzene rings is 2. The van der Waals surface area contributed by atoms with E-state index in [-0.39, 0.29) is 10.6 Å². The Balaban J connectivity index is 1.95. The van der Waals surface area contributed by atoms with Crippen LogP contribution in [0.4, 0.5) is 11.5 Å². The maximum atomic E-state index is 11.6. The molecule has 3 aromatic rings. The zero-order chi connectivity index (χ0) is 20.4. The highest BCUT2D eigenvalue weighted by atomic mass is 16.6. The van der Waals surface area contributed by atoms with Gasteiger partial charge in [-0.3, -0.25) is 10.1 Å². The van der Waals surface area contributed by atoms with Crippen LogP contribution in [0.3, 0.4) is 0 Å². The highest BCUT2D eigenvalue weighted by molar-refractivity contribution is 5.77. The zero-order valence-corrected chi connectivity index (χ0v) is 16.3. The summed E-state index contributed by atoms with van der Waals surface area (Å²) in [6, 6.07) is 12.2. The number of anilines is 1. The van der Waals surface area contributed by atoms with Crippen molar-refractivity contribution >= 4 is 11.5 Å². The molecule has 0 radical (unpaired) electrons. The third-order valence-electron chi connectivity index (χ3n) is 5.10. The van der Waals surface area contributed by atoms with Crippen LogP contribution >= 0.6 is 0 Å². The molecule has 0 saturated heterocycles. The van der Waals surface area contributed by atoms with E-state index in [9.17, 15) is 10.1 Å². The summed E-state index contributed by atoms with van der Waals surface area (Å²) in [5.41, 5.74) is 3.06. The van der Waals surface area contributed by atoms with Crippen molar-refractivity contribution in [3.8, 4) is 28.4 Å². The molecular formula is C21H22N4O4. The number of nitrogens with zero attached hydrogens (tertiary/aromatic N) is 3. The second-order valence-electron chi connectivity index (χ2n) is 6.78. The van der Waals surface area contributed by atoms with Gasteiger partial charge in [-0.25, -0.2) is 4.68 Å². The summed E-state index contributed by atoms with van der Waals surface area (Å²) >= 11 is 0. The van der Waals surface area contributed by atoms with Crippen LogP contribution in [0, 0.1) is 10.1 Å². The van der Waals surface area contributed by atoms with E-state index in [0.717, 1.165) is 48.4 Å². The lowest BCUT2D eigenvalue weighted by molar-refractivity contribution is -0.384. The third-order valence-corrected chi connectivity index (χ3v) is 5.10. The molecule has 8 nitrogen and oxygen atoms in total. The van der Waals surface area contributed by atoms with Gasteiger partial charge < -0.3 is 14.8 Å². The molecule has 0 bridgehead atoms. The molecule has 1 aromatic heterocycles. The van der Waals surface area contributed by atoms with Crippen LogP contribution in [0.2, 0.25) is 0 Å². The third kappa shape index (κ3) is 3.37. The first kappa shape index (κ1) is 18.8. The van der Waals surface area contributed by atoms with Crippen molar-refractivity contribution in [2.45, 2.75) is 19.3 Å². The van der Waals surface area contributed by atoms with E-state index in [1.54, 1.807) is 37.1 Å². The minimum atomic E-state index is -0.381. The zero-order valence-electron chi connectivity index (χ0n) is 16.3. The Kier molecular flexibility index (Phi) is 5.07. The second-order valence-corrected chi connectivity index (χ2v) is 6.78. The Morgan fingerprint density at radius 1 is 1.14 bits per heavy atom. The summed E-state index contributed by atoms with van der Waals surface area (Å²) in [5, 5.41) is 19.8. The van der Waals surface area contributed by atoms with Crippen molar-refractivity contribution in [3.05, 3.63) is 58.1 Å². The first-order valence-electron chi connectivity index (χ1n) is 9.46. The Hall–Kier alpha value is -3.55. The molecule has 0 amide bonds. The summed E-state index contributed by atoms with van der Waals surface area (Å²) in [4.78, 5) is 11.2. The summed E-state index contributed by atoms with van der Waals surface area (Å²) in [7, 11) is 3.21. The van der Waals surface area contributed by atoms with Gasteiger partial charge in [0.25, 0.3) is 5.69 Å². The maximum Gasteiger partial charge on any atom is 0.294 e. The fraction of sp³-hybridized carbons (Fsp3) is 0.286. The monoisotopic (exact) mass is 394 g/mol. The van der Waals surface area contributed by atoms with E-state index < -0.39 is 0 Å². The Bertz CT molecular complexity index is 1060. The van der Waals surface area contributed by atoms with Crippen LogP contribution in [0.15, 0.2) is 42.5 Å². The largest absolute Gasteiger partial charge is 0.497 e. The van der Waals surface area contributed by atoms with Crippen molar-refractivity contribution in [3.63, 3.8) is 0 Å². The minimum absolute atomic E-state index is 0.0112. The molecule has 29 heavy (non-hydrogen) atoms. The molecule has 2 aromatic carbocycles. The van der Waals surface area contributed by atoms with Gasteiger partial charge in [-0.2, -0.15) is 5.10 Å². The fourth-order valence-electron chi connectivity index (χ4n) is 3.68. The molecule has 0 aliphatic carbocycles. The number of nitro groups is 1. The quantitative estimate of drug-likeness (QED) is 0.515. The highest BCUT2D eigenvalue weighted by Gasteiger charge is 2.26. The van der Waals surface area contributed by atoms with Gasteiger partial charge in [0.2, 0.25) is 0 Å². The van der Waals surface area contributed by atoms with Gasteiger partial charge in [0, 0.05) is 29.8 Å². The number of nitrogens with one attached hydrogen (secondary N) is 1. The van der Waals surface area contributed by atoms with Crippen LogP contribution < -0.4 is 14.8 Å². The number of ether oxygens (including phenoxy) is 2. The lowest BCUT2D eigenvalue weighted by Crippen LogP contribution is -2.08. The van der Waals surface area contributed by atoms with E-state index in [1.807, 2.05) is 18.2 Å². The number of methoxy groups -OCH3 is 2. The molecule has 0 fully saturated rings. The Morgan fingerprint density at radius 2 is 1.97 bits per heavy atom. The van der Waals surface area contributed by atoms with Gasteiger partial charge in [0.15, 0.2) is 0 Å². The molecular weight excluding hydrogens is 372 g/mol. The number of hydrogen-bond donors (Lipinski definition) is 1. The molecule has 0 unspecified atom stereocenters. The van der Waals surface area contributed by atoms with Crippen molar-refractivity contribution < 1.29 is 14.4 Å². The Morgan fingerprint density at radius 3 is 2.72 bits per heavy atom. The normalized spacial score (nSPS) is 13.2. The van der Waals surface area contributed by atoms with Crippen molar-refractivity contribution in [1.82, 2.24) is 9.78 Å². The minimum Gasteiger partial charge on any atom is -0.497 e. The van der Waals surface area contributed by atoms with Crippen LogP contribution in [-0.2, 0) is 6.42 Å². The second kappa shape index (κ2) is 7.83. The maximum absolute atomic E-state index is 11.6. The van der Waals surface area contributed by atoms with Crippen LogP contribution in [0.25, 0.3) is 16.9 Å². The lowest BCUT2D eigenvalue weighted by atomic mass is 10.0. The topological polar surface area (TPSA) is 91.5 Å². The number of fused-ring (bicyclic) bond motifs is 1. The molecule has 1 N–H and O–H groups in total. The summed E-state index contributed by atoms with van der Waals surface area (Å²) in [6.07, 6.45) is 2.85. The number of hydrogen-bond acceptors (Lipinski definition) is 6. The van der Waals surface area contributed by atoms with E-state index >= 15 is 0 Å². The number of rotatable bonds is 5. The van der Waals surface area contributed by atoms with Crippen molar-refractivity contribution in [2.24, 2.45) is 0 Å². The number of nitro benzene ring substituents is 1. The van der Waals surface area contributed by atoms with E-state index in [0.29, 0.717) is 17.2 Å². The standard InChI is InChI=1S/C21H22N4O4/c1-28-14-10-11-15(19(13-14)29-2)20-16-7-5-6-12-22-21(16)24(23-20)17-8-3-4-9-18(17)25(26)27/h3-4,8-11,13,22H,5-7,12H2,1-2H3. The molecule has 0 spiro atoms. The van der Waals surface area contributed by atoms with Gasteiger partial charge in [-0.15, -0.1) is 0 Å². The first-order valence-corrected chi connectivity index (χ1v) is 9.46. The fourth-order valence-corrected chi connectivity index (χ4v) is 3.68. The van der Waals surface area contributed by atoms with Crippen LogP contribution in [0.1, 0.15) is 18.4 Å². The van der Waals surface area contributed by atoms with E-state index in [4.69, 9.17) is 14.6 Å². The van der Waals surface area contributed by atoms with Gasteiger partial charge in [0.05, 0.1) is 19.1 Å². The molecule has 1 aliphatic heterocycles. The molecule has 150 valence electrons. The number of aromatic nitrogens is 2. The van der Waals surface area contributed by atoms with Gasteiger partial charge in [-0.1, -0.05) is 12.1 Å². The van der Waals surface area contributed by atoms with Gasteiger partial charge in [0.1, 0.15) is 28.7 Å². The number of para-hydroxylation sites is 2. The SMILES string of the molecule is COc1ccc(-c2nn(-c3ccccc3[N+](=O)[O-])c3c2CCCCN3)c(OC)c1. The highest BCUT2D eigenvalue weighted by Crippen LogP contribution is 2.40. The van der Waals surface area contributed by atoms with Gasteiger partial charge >= 0.3 is 0 Å². The summed E-state index contributed by atoms with van der Waals surface area (Å²) in [6.45, 7) is 0.790. The average Bonchev–Trinajstić information content (AvgIpc) is 2.93. The molecule has 8 heteroatoms. The van der Waals surface area contributed by atoms with E-state index in [2.05, 4.69) is 5.32 Å². The summed E-state index contributed by atoms with van der Waals surface area (Å²) in [5.74, 6) is 2.13. The average molecular weight is 394 g/mol. The van der Waals surface area contributed by atoms with Crippen LogP contribution in [-0.4, -0.2) is 35.5 Å². The first-order chi connectivity index (χ1) is 14.1. The molecule has 1 aliphatic rings. The summed E-state index contributed by atoms with van der Waals surface area (Å²) < 4.78 is 12.5.